The smallest absolute Gasteiger partial charge is 0.243 e. The number of rotatable bonds is 5. The number of hydrogen-bond donors (Lipinski definition) is 4. The summed E-state index contributed by atoms with van der Waals surface area (Å²) in [5, 5.41) is 14.3. The normalized spacial score (nSPS) is 9.67. The van der Waals surface area contributed by atoms with E-state index in [0.29, 0.717) is 5.75 Å². The Morgan fingerprint density at radius 2 is 2.11 bits per heavy atom. The van der Waals surface area contributed by atoms with E-state index >= 15 is 0 Å². The Morgan fingerprint density at radius 1 is 1.39 bits per heavy atom. The van der Waals surface area contributed by atoms with Gasteiger partial charge in [-0.25, -0.2) is 0 Å². The first-order valence-corrected chi connectivity index (χ1v) is 5.20. The van der Waals surface area contributed by atoms with Crippen molar-refractivity contribution in [2.75, 3.05) is 25.5 Å². The summed E-state index contributed by atoms with van der Waals surface area (Å²) in [5.74, 6) is -0.531. The van der Waals surface area contributed by atoms with Gasteiger partial charge in [0.1, 0.15) is 11.5 Å². The van der Waals surface area contributed by atoms with E-state index in [1.807, 2.05) is 0 Å². The molecular formula is C11H15N3O4. The average molecular weight is 253 g/mol. The number of benzene rings is 1. The minimum Gasteiger partial charge on any atom is -0.506 e. The fourth-order valence-corrected chi connectivity index (χ4v) is 1.19. The van der Waals surface area contributed by atoms with Crippen LogP contribution in [0.3, 0.4) is 0 Å². The van der Waals surface area contributed by atoms with E-state index in [0.717, 1.165) is 0 Å². The van der Waals surface area contributed by atoms with E-state index in [1.165, 1.54) is 19.2 Å². The SMILES string of the molecule is COc1ccc(NC(=O)CNC(=O)CN)c(O)c1. The second-order valence-corrected chi connectivity index (χ2v) is 3.41. The first-order valence-electron chi connectivity index (χ1n) is 5.20. The zero-order chi connectivity index (χ0) is 13.5. The quantitative estimate of drug-likeness (QED) is 0.524. The summed E-state index contributed by atoms with van der Waals surface area (Å²) in [7, 11) is 1.47. The van der Waals surface area contributed by atoms with Crippen LogP contribution in [0.1, 0.15) is 0 Å². The fourth-order valence-electron chi connectivity index (χ4n) is 1.19. The van der Waals surface area contributed by atoms with E-state index in [-0.39, 0.29) is 24.5 Å². The summed E-state index contributed by atoms with van der Waals surface area (Å²) >= 11 is 0. The molecule has 5 N–H and O–H groups in total. The monoisotopic (exact) mass is 253 g/mol. The van der Waals surface area contributed by atoms with Gasteiger partial charge in [0.05, 0.1) is 25.9 Å². The van der Waals surface area contributed by atoms with Crippen LogP contribution >= 0.6 is 0 Å². The Balaban J connectivity index is 2.56. The maximum atomic E-state index is 11.4. The molecule has 0 aliphatic heterocycles. The lowest BCUT2D eigenvalue weighted by Crippen LogP contribution is -2.36. The van der Waals surface area contributed by atoms with Crippen molar-refractivity contribution in [3.05, 3.63) is 18.2 Å². The van der Waals surface area contributed by atoms with Gasteiger partial charge in [0, 0.05) is 6.07 Å². The maximum absolute atomic E-state index is 11.4. The summed E-state index contributed by atoms with van der Waals surface area (Å²) < 4.78 is 4.90. The van der Waals surface area contributed by atoms with E-state index < -0.39 is 11.8 Å². The number of carbonyl (C=O) groups excluding carboxylic acids is 2. The standard InChI is InChI=1S/C11H15N3O4/c1-18-7-2-3-8(9(15)4-7)14-11(17)6-13-10(16)5-12/h2-4,15H,5-6,12H2,1H3,(H,13,16)(H,14,17). The van der Waals surface area contributed by atoms with Gasteiger partial charge in [-0.05, 0) is 12.1 Å². The van der Waals surface area contributed by atoms with Gasteiger partial charge >= 0.3 is 0 Å². The molecule has 7 heteroatoms. The van der Waals surface area contributed by atoms with Crippen LogP contribution in [-0.2, 0) is 9.59 Å². The van der Waals surface area contributed by atoms with Crippen molar-refractivity contribution in [2.45, 2.75) is 0 Å². The molecule has 0 aliphatic carbocycles. The number of hydrogen-bond acceptors (Lipinski definition) is 5. The third-order valence-corrected chi connectivity index (χ3v) is 2.11. The lowest BCUT2D eigenvalue weighted by Gasteiger charge is -2.09. The molecule has 7 nitrogen and oxygen atoms in total. The van der Waals surface area contributed by atoms with Crippen molar-refractivity contribution in [3.8, 4) is 11.5 Å². The van der Waals surface area contributed by atoms with Gasteiger partial charge in [0.15, 0.2) is 0 Å². The van der Waals surface area contributed by atoms with Gasteiger partial charge < -0.3 is 26.2 Å². The van der Waals surface area contributed by atoms with Crippen molar-refractivity contribution in [1.29, 1.82) is 0 Å². The molecule has 98 valence electrons. The third-order valence-electron chi connectivity index (χ3n) is 2.11. The fraction of sp³-hybridized carbons (Fsp3) is 0.273. The predicted molar refractivity (Wildman–Crippen MR) is 65.4 cm³/mol. The predicted octanol–water partition coefficient (Wildman–Crippen LogP) is -0.586. The van der Waals surface area contributed by atoms with Gasteiger partial charge in [-0.1, -0.05) is 0 Å². The number of phenolic OH excluding ortho intramolecular Hbond substituents is 1. The number of nitrogens with two attached hydrogens (primary N) is 1. The highest BCUT2D eigenvalue weighted by Gasteiger charge is 2.08. The van der Waals surface area contributed by atoms with Crippen molar-refractivity contribution in [1.82, 2.24) is 5.32 Å². The Morgan fingerprint density at radius 3 is 2.67 bits per heavy atom. The molecule has 0 aromatic heterocycles. The van der Waals surface area contributed by atoms with E-state index in [2.05, 4.69) is 10.6 Å². The third kappa shape index (κ3) is 3.95. The first-order chi connectivity index (χ1) is 8.56. The van der Waals surface area contributed by atoms with Gasteiger partial charge in [0.25, 0.3) is 0 Å². The largest absolute Gasteiger partial charge is 0.506 e. The van der Waals surface area contributed by atoms with Crippen molar-refractivity contribution < 1.29 is 19.4 Å². The molecule has 0 saturated heterocycles. The number of phenols is 1. The number of methoxy groups -OCH3 is 1. The van der Waals surface area contributed by atoms with Crippen LogP contribution in [0, 0.1) is 0 Å². The maximum Gasteiger partial charge on any atom is 0.243 e. The number of nitrogens with one attached hydrogen (secondary N) is 2. The molecule has 0 atom stereocenters. The van der Waals surface area contributed by atoms with E-state index in [1.54, 1.807) is 6.07 Å². The number of carbonyl (C=O) groups is 2. The molecule has 0 aliphatic rings. The highest BCUT2D eigenvalue weighted by atomic mass is 16.5. The second-order valence-electron chi connectivity index (χ2n) is 3.41. The Hall–Kier alpha value is -2.28. The molecule has 0 bridgehead atoms. The minimum atomic E-state index is -0.461. The molecule has 0 fully saturated rings. The molecule has 2 amide bonds. The Bertz CT molecular complexity index is 448. The first kappa shape index (κ1) is 13.8. The van der Waals surface area contributed by atoms with E-state index in [9.17, 15) is 14.7 Å². The minimum absolute atomic E-state index is 0.118. The molecule has 1 aromatic rings. The lowest BCUT2D eigenvalue weighted by atomic mass is 10.2. The van der Waals surface area contributed by atoms with Gasteiger partial charge in [-0.3, -0.25) is 9.59 Å². The summed E-state index contributed by atoms with van der Waals surface area (Å²) in [5.41, 5.74) is 5.31. The van der Waals surface area contributed by atoms with Crippen molar-refractivity contribution >= 4 is 17.5 Å². The molecule has 0 heterocycles. The summed E-state index contributed by atoms with van der Waals surface area (Å²) in [6.45, 7) is -0.386. The van der Waals surface area contributed by atoms with Crippen LogP contribution in [0.4, 0.5) is 5.69 Å². The number of anilines is 1. The topological polar surface area (TPSA) is 114 Å². The number of aromatic hydroxyl groups is 1. The van der Waals surface area contributed by atoms with Crippen LogP contribution in [0.25, 0.3) is 0 Å². The Labute approximate surface area is 104 Å². The van der Waals surface area contributed by atoms with Crippen LogP contribution < -0.4 is 21.1 Å². The lowest BCUT2D eigenvalue weighted by molar-refractivity contribution is -0.123. The second kappa shape index (κ2) is 6.45. The Kier molecular flexibility index (Phi) is 4.94. The molecular weight excluding hydrogens is 238 g/mol. The summed E-state index contributed by atoms with van der Waals surface area (Å²) in [6, 6.07) is 4.46. The van der Waals surface area contributed by atoms with Crippen molar-refractivity contribution in [2.24, 2.45) is 5.73 Å². The highest BCUT2D eigenvalue weighted by Crippen LogP contribution is 2.27. The van der Waals surface area contributed by atoms with Crippen LogP contribution in [-0.4, -0.2) is 37.1 Å². The summed E-state index contributed by atoms with van der Waals surface area (Å²) in [4.78, 5) is 22.3. The zero-order valence-corrected chi connectivity index (χ0v) is 9.90. The number of amides is 2. The molecule has 0 radical (unpaired) electrons. The van der Waals surface area contributed by atoms with Crippen LogP contribution in [0.2, 0.25) is 0 Å². The molecule has 1 rings (SSSR count). The van der Waals surface area contributed by atoms with Gasteiger partial charge in [-0.2, -0.15) is 0 Å². The highest BCUT2D eigenvalue weighted by molar-refractivity contribution is 5.95. The van der Waals surface area contributed by atoms with E-state index in [4.69, 9.17) is 10.5 Å². The van der Waals surface area contributed by atoms with Gasteiger partial charge in [0.2, 0.25) is 11.8 Å². The zero-order valence-electron chi connectivity index (χ0n) is 9.90. The van der Waals surface area contributed by atoms with Crippen molar-refractivity contribution in [3.63, 3.8) is 0 Å². The molecule has 0 saturated carbocycles. The molecule has 0 spiro atoms. The summed E-state index contributed by atoms with van der Waals surface area (Å²) in [6.07, 6.45) is 0. The molecule has 18 heavy (non-hydrogen) atoms. The van der Waals surface area contributed by atoms with Crippen LogP contribution in [0.5, 0.6) is 11.5 Å². The van der Waals surface area contributed by atoms with Crippen LogP contribution in [0.15, 0.2) is 18.2 Å². The molecule has 0 unspecified atom stereocenters. The number of ether oxygens (including phenoxy) is 1. The average Bonchev–Trinajstić information content (AvgIpc) is 2.38. The van der Waals surface area contributed by atoms with Gasteiger partial charge in [-0.15, -0.1) is 0 Å². The molecule has 1 aromatic carbocycles.